The van der Waals surface area contributed by atoms with Gasteiger partial charge in [-0.05, 0) is 54.9 Å². The Morgan fingerprint density at radius 1 is 1.25 bits per heavy atom. The van der Waals surface area contributed by atoms with Gasteiger partial charge >= 0.3 is 0 Å². The van der Waals surface area contributed by atoms with Crippen LogP contribution in [0.25, 0.3) is 0 Å². The predicted molar refractivity (Wildman–Crippen MR) is 81.5 cm³/mol. The number of ether oxygens (including phenoxy) is 1. The van der Waals surface area contributed by atoms with Crippen molar-refractivity contribution in [3.8, 4) is 0 Å². The van der Waals surface area contributed by atoms with Crippen LogP contribution in [-0.2, 0) is 11.3 Å². The number of thioether (sulfide) groups is 1. The second kappa shape index (κ2) is 6.46. The Morgan fingerprint density at radius 2 is 2.00 bits per heavy atom. The lowest BCUT2D eigenvalue weighted by Crippen LogP contribution is -2.48. The summed E-state index contributed by atoms with van der Waals surface area (Å²) < 4.78 is 19.0. The van der Waals surface area contributed by atoms with Gasteiger partial charge in [-0.3, -0.25) is 0 Å². The van der Waals surface area contributed by atoms with Crippen LogP contribution >= 0.6 is 11.8 Å². The molecule has 0 amide bonds. The van der Waals surface area contributed by atoms with E-state index in [0.717, 1.165) is 31.6 Å². The van der Waals surface area contributed by atoms with Gasteiger partial charge in [0, 0.05) is 19.2 Å². The van der Waals surface area contributed by atoms with Crippen LogP contribution in [0.2, 0.25) is 0 Å². The monoisotopic (exact) mass is 295 g/mol. The molecular weight excluding hydrogens is 273 g/mol. The Kier molecular flexibility index (Phi) is 4.64. The number of halogens is 1. The Morgan fingerprint density at radius 3 is 2.75 bits per heavy atom. The summed E-state index contributed by atoms with van der Waals surface area (Å²) in [5, 5.41) is 3.62. The second-order valence-electron chi connectivity index (χ2n) is 5.84. The lowest BCUT2D eigenvalue weighted by Gasteiger charge is -2.43. The summed E-state index contributed by atoms with van der Waals surface area (Å²) in [7, 11) is 0. The zero-order valence-corrected chi connectivity index (χ0v) is 12.6. The van der Waals surface area contributed by atoms with Crippen molar-refractivity contribution in [2.45, 2.75) is 43.9 Å². The number of nitrogens with one attached hydrogen (secondary N) is 1. The van der Waals surface area contributed by atoms with Gasteiger partial charge in [0.25, 0.3) is 0 Å². The van der Waals surface area contributed by atoms with Gasteiger partial charge in [-0.15, -0.1) is 0 Å². The first-order valence-corrected chi connectivity index (χ1v) is 8.61. The van der Waals surface area contributed by atoms with Crippen molar-refractivity contribution >= 4 is 11.8 Å². The molecule has 1 N–H and O–H groups in total. The van der Waals surface area contributed by atoms with E-state index in [1.807, 2.05) is 23.9 Å². The molecule has 1 unspecified atom stereocenters. The van der Waals surface area contributed by atoms with Crippen molar-refractivity contribution in [3.05, 3.63) is 35.6 Å². The minimum atomic E-state index is -0.168. The summed E-state index contributed by atoms with van der Waals surface area (Å²) in [6, 6.07) is 7.29. The zero-order valence-electron chi connectivity index (χ0n) is 11.7. The van der Waals surface area contributed by atoms with Crippen molar-refractivity contribution in [1.82, 2.24) is 5.32 Å². The third-order valence-electron chi connectivity index (χ3n) is 4.41. The van der Waals surface area contributed by atoms with E-state index in [4.69, 9.17) is 4.74 Å². The van der Waals surface area contributed by atoms with Gasteiger partial charge in [0.1, 0.15) is 5.82 Å². The van der Waals surface area contributed by atoms with Crippen LogP contribution in [0.1, 0.15) is 31.2 Å². The first kappa shape index (κ1) is 14.4. The van der Waals surface area contributed by atoms with Crippen molar-refractivity contribution in [1.29, 1.82) is 0 Å². The smallest absolute Gasteiger partial charge is 0.123 e. The van der Waals surface area contributed by atoms with Crippen LogP contribution < -0.4 is 5.32 Å². The molecule has 3 rings (SSSR count). The third-order valence-corrected chi connectivity index (χ3v) is 5.39. The van der Waals surface area contributed by atoms with Gasteiger partial charge in [0.05, 0.1) is 5.60 Å². The normalized spacial score (nSPS) is 25.8. The van der Waals surface area contributed by atoms with E-state index in [-0.39, 0.29) is 11.4 Å². The summed E-state index contributed by atoms with van der Waals surface area (Å²) in [5.41, 5.74) is 1.27. The first-order chi connectivity index (χ1) is 9.76. The van der Waals surface area contributed by atoms with Gasteiger partial charge < -0.3 is 10.1 Å². The molecule has 1 spiro atoms. The highest BCUT2D eigenvalue weighted by Crippen LogP contribution is 2.37. The van der Waals surface area contributed by atoms with E-state index < -0.39 is 0 Å². The maximum Gasteiger partial charge on any atom is 0.123 e. The molecule has 2 aliphatic heterocycles. The first-order valence-electron chi connectivity index (χ1n) is 7.45. The predicted octanol–water partition coefficient (Wildman–Crippen LogP) is 3.36. The van der Waals surface area contributed by atoms with Crippen LogP contribution in [0.5, 0.6) is 0 Å². The number of hydrogen-bond acceptors (Lipinski definition) is 3. The highest BCUT2D eigenvalue weighted by atomic mass is 32.2. The van der Waals surface area contributed by atoms with Crippen LogP contribution in [0.3, 0.4) is 0 Å². The SMILES string of the molecule is Fc1ccc(CNC2CCOC3(CCSCC3)C2)cc1. The van der Waals surface area contributed by atoms with Crippen molar-refractivity contribution in [2.75, 3.05) is 18.1 Å². The largest absolute Gasteiger partial charge is 0.375 e. The Bertz CT molecular complexity index is 425. The quantitative estimate of drug-likeness (QED) is 0.924. The van der Waals surface area contributed by atoms with Gasteiger partial charge in [-0.1, -0.05) is 12.1 Å². The Hall–Kier alpha value is -0.580. The Balaban J connectivity index is 1.53. The average Bonchev–Trinajstić information content (AvgIpc) is 2.48. The summed E-state index contributed by atoms with van der Waals surface area (Å²) in [4.78, 5) is 0. The fourth-order valence-corrected chi connectivity index (χ4v) is 4.40. The third kappa shape index (κ3) is 3.54. The topological polar surface area (TPSA) is 21.3 Å². The molecule has 1 aromatic rings. The number of benzene rings is 1. The van der Waals surface area contributed by atoms with Crippen molar-refractivity contribution < 1.29 is 9.13 Å². The molecule has 0 radical (unpaired) electrons. The average molecular weight is 295 g/mol. The molecule has 2 heterocycles. The van der Waals surface area contributed by atoms with Crippen LogP contribution in [0, 0.1) is 5.82 Å². The molecule has 1 aromatic carbocycles. The molecule has 2 fully saturated rings. The standard InChI is InChI=1S/C16H22FNOS/c17-14-3-1-13(2-4-14)12-18-15-5-8-19-16(11-15)6-9-20-10-7-16/h1-4,15,18H,5-12H2. The minimum absolute atomic E-state index is 0.129. The molecule has 110 valence electrons. The molecule has 0 aliphatic carbocycles. The van der Waals surface area contributed by atoms with E-state index in [1.165, 1.54) is 36.5 Å². The lowest BCUT2D eigenvalue weighted by molar-refractivity contribution is -0.0933. The molecule has 1 atom stereocenters. The van der Waals surface area contributed by atoms with E-state index in [9.17, 15) is 4.39 Å². The maximum absolute atomic E-state index is 12.9. The van der Waals surface area contributed by atoms with E-state index in [1.54, 1.807) is 0 Å². The van der Waals surface area contributed by atoms with E-state index in [2.05, 4.69) is 5.32 Å². The molecule has 20 heavy (non-hydrogen) atoms. The summed E-state index contributed by atoms with van der Waals surface area (Å²) in [6.45, 7) is 1.68. The molecular formula is C16H22FNOS. The van der Waals surface area contributed by atoms with Crippen molar-refractivity contribution in [3.63, 3.8) is 0 Å². The lowest BCUT2D eigenvalue weighted by atomic mass is 9.85. The highest BCUT2D eigenvalue weighted by molar-refractivity contribution is 7.99. The molecule has 0 bridgehead atoms. The molecule has 4 heteroatoms. The molecule has 2 nitrogen and oxygen atoms in total. The van der Waals surface area contributed by atoms with Crippen LogP contribution in [-0.4, -0.2) is 29.8 Å². The number of rotatable bonds is 3. The van der Waals surface area contributed by atoms with Gasteiger partial charge in [0.15, 0.2) is 0 Å². The second-order valence-corrected chi connectivity index (χ2v) is 7.07. The minimum Gasteiger partial charge on any atom is -0.375 e. The van der Waals surface area contributed by atoms with Gasteiger partial charge in [0.2, 0.25) is 0 Å². The fourth-order valence-electron chi connectivity index (χ4n) is 3.16. The Labute approximate surface area is 124 Å². The van der Waals surface area contributed by atoms with Crippen LogP contribution in [0.15, 0.2) is 24.3 Å². The summed E-state index contributed by atoms with van der Waals surface area (Å²) in [5.74, 6) is 2.29. The maximum atomic E-state index is 12.9. The molecule has 2 aliphatic rings. The van der Waals surface area contributed by atoms with Crippen molar-refractivity contribution in [2.24, 2.45) is 0 Å². The van der Waals surface area contributed by atoms with Crippen LogP contribution in [0.4, 0.5) is 4.39 Å². The van der Waals surface area contributed by atoms with E-state index in [0.29, 0.717) is 6.04 Å². The molecule has 0 aromatic heterocycles. The number of hydrogen-bond donors (Lipinski definition) is 1. The van der Waals surface area contributed by atoms with Gasteiger partial charge in [-0.2, -0.15) is 11.8 Å². The zero-order chi connectivity index (χ0) is 13.8. The van der Waals surface area contributed by atoms with Gasteiger partial charge in [-0.25, -0.2) is 4.39 Å². The fraction of sp³-hybridized carbons (Fsp3) is 0.625. The highest BCUT2D eigenvalue weighted by Gasteiger charge is 2.38. The molecule has 2 saturated heterocycles. The molecule has 0 saturated carbocycles. The summed E-state index contributed by atoms with van der Waals surface area (Å²) in [6.07, 6.45) is 4.57. The van der Waals surface area contributed by atoms with E-state index >= 15 is 0 Å². The summed E-state index contributed by atoms with van der Waals surface area (Å²) >= 11 is 2.04.